The van der Waals surface area contributed by atoms with Crippen molar-refractivity contribution in [2.45, 2.75) is 25.3 Å². The van der Waals surface area contributed by atoms with Gasteiger partial charge in [-0.2, -0.15) is 0 Å². The number of nitrogens with two attached hydrogens (primary N) is 1. The lowest BCUT2D eigenvalue weighted by molar-refractivity contribution is 0.587. The molecule has 0 fully saturated rings. The molecule has 0 saturated heterocycles. The van der Waals surface area contributed by atoms with Gasteiger partial charge in [-0.25, -0.2) is 12.4 Å². The number of aromatic nitrogens is 2. The Morgan fingerprint density at radius 3 is 2.45 bits per heavy atom. The average molecular weight is 315 g/mol. The number of fused-ring (bicyclic) bond motifs is 1. The Hall–Kier alpha value is -2.18. The maximum absolute atomic E-state index is 13.0. The Morgan fingerprint density at radius 1 is 1.14 bits per heavy atom. The molecule has 2 aromatic heterocycles. The van der Waals surface area contributed by atoms with Crippen molar-refractivity contribution in [2.24, 2.45) is 5.73 Å². The Morgan fingerprint density at radius 2 is 1.82 bits per heavy atom. The topological polar surface area (TPSA) is 78.0 Å². The first kappa shape index (κ1) is 14.7. The minimum Gasteiger partial charge on any atom is -0.325 e. The van der Waals surface area contributed by atoms with Crippen molar-refractivity contribution in [2.75, 3.05) is 0 Å². The number of benzene rings is 1. The van der Waals surface area contributed by atoms with Crippen LogP contribution < -0.4 is 5.73 Å². The second kappa shape index (κ2) is 5.23. The molecule has 1 aromatic carbocycles. The molecule has 0 radical (unpaired) electrons. The molecule has 3 aromatic rings. The van der Waals surface area contributed by atoms with Gasteiger partial charge in [0.2, 0.25) is 0 Å². The average Bonchev–Trinajstić information content (AvgIpc) is 2.86. The van der Waals surface area contributed by atoms with Crippen molar-refractivity contribution in [3.63, 3.8) is 0 Å². The predicted octanol–water partition coefficient (Wildman–Crippen LogP) is 2.35. The van der Waals surface area contributed by atoms with Crippen molar-refractivity contribution >= 4 is 20.9 Å². The van der Waals surface area contributed by atoms with Crippen LogP contribution in [0.15, 0.2) is 47.5 Å². The first-order chi connectivity index (χ1) is 10.4. The van der Waals surface area contributed by atoms with E-state index in [4.69, 9.17) is 5.73 Å². The molecule has 3 rings (SSSR count). The number of hydrogen-bond acceptors (Lipinski definition) is 4. The van der Waals surface area contributed by atoms with Crippen LogP contribution in [0.1, 0.15) is 17.0 Å². The summed E-state index contributed by atoms with van der Waals surface area (Å²) >= 11 is 0. The standard InChI is InChI=1S/C16H17N3O2S/c1-11-3-5-15(6-4-11)22(20,21)19-14(9-17)8-13-10-18-12(2)7-16(13)19/h3-8,10H,9,17H2,1-2H3. The summed E-state index contributed by atoms with van der Waals surface area (Å²) in [7, 11) is -3.69. The quantitative estimate of drug-likeness (QED) is 0.805. The fraction of sp³-hybridized carbons (Fsp3) is 0.188. The number of hydrogen-bond donors (Lipinski definition) is 1. The van der Waals surface area contributed by atoms with Gasteiger partial charge in [-0.1, -0.05) is 17.7 Å². The van der Waals surface area contributed by atoms with Crippen LogP contribution in [0, 0.1) is 13.8 Å². The molecule has 2 N–H and O–H groups in total. The summed E-state index contributed by atoms with van der Waals surface area (Å²) in [5, 5.41) is 0.765. The normalized spacial score (nSPS) is 12.0. The summed E-state index contributed by atoms with van der Waals surface area (Å²) in [4.78, 5) is 4.46. The largest absolute Gasteiger partial charge is 0.325 e. The maximum Gasteiger partial charge on any atom is 0.268 e. The zero-order chi connectivity index (χ0) is 15.9. The highest BCUT2D eigenvalue weighted by Crippen LogP contribution is 2.25. The lowest BCUT2D eigenvalue weighted by atomic mass is 10.2. The second-order valence-corrected chi connectivity index (χ2v) is 7.09. The van der Waals surface area contributed by atoms with Crippen LogP contribution >= 0.6 is 0 Å². The SMILES string of the molecule is Cc1ccc(S(=O)(=O)n2c(CN)cc3cnc(C)cc32)cc1. The van der Waals surface area contributed by atoms with Gasteiger partial charge in [0, 0.05) is 29.5 Å². The van der Waals surface area contributed by atoms with Crippen molar-refractivity contribution in [1.82, 2.24) is 8.96 Å². The molecule has 0 aliphatic rings. The van der Waals surface area contributed by atoms with Crippen molar-refractivity contribution in [3.8, 4) is 0 Å². The van der Waals surface area contributed by atoms with Crippen LogP contribution in [0.5, 0.6) is 0 Å². The molecule has 0 aliphatic carbocycles. The van der Waals surface area contributed by atoms with E-state index in [0.717, 1.165) is 16.6 Å². The lowest BCUT2D eigenvalue weighted by Crippen LogP contribution is -2.17. The van der Waals surface area contributed by atoms with Gasteiger partial charge in [-0.05, 0) is 38.1 Å². The van der Waals surface area contributed by atoms with Gasteiger partial charge >= 0.3 is 0 Å². The molecule has 2 heterocycles. The zero-order valence-electron chi connectivity index (χ0n) is 12.4. The first-order valence-electron chi connectivity index (χ1n) is 6.93. The smallest absolute Gasteiger partial charge is 0.268 e. The fourth-order valence-corrected chi connectivity index (χ4v) is 4.02. The number of nitrogens with zero attached hydrogens (tertiary/aromatic N) is 2. The Labute approximate surface area is 129 Å². The minimum atomic E-state index is -3.69. The third kappa shape index (κ3) is 2.30. The molecule has 0 bridgehead atoms. The molecule has 0 atom stereocenters. The Kier molecular flexibility index (Phi) is 3.50. The third-order valence-electron chi connectivity index (χ3n) is 3.62. The first-order valence-corrected chi connectivity index (χ1v) is 8.37. The van der Waals surface area contributed by atoms with E-state index in [1.807, 2.05) is 13.8 Å². The number of rotatable bonds is 3. The van der Waals surface area contributed by atoms with Crippen LogP contribution in [-0.2, 0) is 16.6 Å². The molecule has 0 aliphatic heterocycles. The van der Waals surface area contributed by atoms with E-state index in [9.17, 15) is 8.42 Å². The Bertz CT molecular complexity index is 941. The molecule has 6 heteroatoms. The van der Waals surface area contributed by atoms with E-state index < -0.39 is 10.0 Å². The predicted molar refractivity (Wildman–Crippen MR) is 86.1 cm³/mol. The zero-order valence-corrected chi connectivity index (χ0v) is 13.3. The van der Waals surface area contributed by atoms with E-state index in [-0.39, 0.29) is 11.4 Å². The highest BCUT2D eigenvalue weighted by molar-refractivity contribution is 7.90. The molecular formula is C16H17N3O2S. The van der Waals surface area contributed by atoms with E-state index >= 15 is 0 Å². The summed E-state index contributed by atoms with van der Waals surface area (Å²) < 4.78 is 27.3. The molecule has 0 unspecified atom stereocenters. The molecule has 0 amide bonds. The van der Waals surface area contributed by atoms with Crippen LogP contribution in [0.25, 0.3) is 10.9 Å². The van der Waals surface area contributed by atoms with E-state index in [1.165, 1.54) is 3.97 Å². The van der Waals surface area contributed by atoms with Crippen LogP contribution in [0.4, 0.5) is 0 Å². The van der Waals surface area contributed by atoms with Crippen molar-refractivity contribution < 1.29 is 8.42 Å². The van der Waals surface area contributed by atoms with Crippen molar-refractivity contribution in [1.29, 1.82) is 0 Å². The van der Waals surface area contributed by atoms with E-state index in [1.54, 1.807) is 42.6 Å². The van der Waals surface area contributed by atoms with E-state index in [2.05, 4.69) is 4.98 Å². The minimum absolute atomic E-state index is 0.138. The van der Waals surface area contributed by atoms with Gasteiger partial charge in [0.15, 0.2) is 0 Å². The fourth-order valence-electron chi connectivity index (χ4n) is 2.48. The molecule has 5 nitrogen and oxygen atoms in total. The number of pyridine rings is 1. The van der Waals surface area contributed by atoms with Gasteiger partial charge in [-0.3, -0.25) is 4.98 Å². The van der Waals surface area contributed by atoms with Gasteiger partial charge in [0.25, 0.3) is 10.0 Å². The highest BCUT2D eigenvalue weighted by atomic mass is 32.2. The summed E-state index contributed by atoms with van der Waals surface area (Å²) in [6, 6.07) is 10.3. The molecular weight excluding hydrogens is 298 g/mol. The van der Waals surface area contributed by atoms with Crippen molar-refractivity contribution in [3.05, 3.63) is 59.5 Å². The van der Waals surface area contributed by atoms with Gasteiger partial charge in [-0.15, -0.1) is 0 Å². The lowest BCUT2D eigenvalue weighted by Gasteiger charge is -2.11. The summed E-state index contributed by atoms with van der Waals surface area (Å²) in [5.41, 5.74) is 8.66. The van der Waals surface area contributed by atoms with Gasteiger partial charge < -0.3 is 5.73 Å². The van der Waals surface area contributed by atoms with Crippen LogP contribution in [-0.4, -0.2) is 17.4 Å². The van der Waals surface area contributed by atoms with E-state index in [0.29, 0.717) is 11.2 Å². The van der Waals surface area contributed by atoms with Gasteiger partial charge in [0.1, 0.15) is 0 Å². The molecule has 22 heavy (non-hydrogen) atoms. The summed E-state index contributed by atoms with van der Waals surface area (Å²) in [6.07, 6.45) is 1.67. The molecule has 114 valence electrons. The molecule has 0 spiro atoms. The summed E-state index contributed by atoms with van der Waals surface area (Å²) in [6.45, 7) is 3.89. The third-order valence-corrected chi connectivity index (χ3v) is 5.40. The number of aryl methyl sites for hydroxylation is 2. The second-order valence-electron chi connectivity index (χ2n) is 5.31. The highest BCUT2D eigenvalue weighted by Gasteiger charge is 2.22. The van der Waals surface area contributed by atoms with Crippen LogP contribution in [0.3, 0.4) is 0 Å². The summed E-state index contributed by atoms with van der Waals surface area (Å²) in [5.74, 6) is 0. The molecule has 0 saturated carbocycles. The Balaban J connectivity index is 2.32. The van der Waals surface area contributed by atoms with Crippen LogP contribution in [0.2, 0.25) is 0 Å². The van der Waals surface area contributed by atoms with Gasteiger partial charge in [0.05, 0.1) is 10.4 Å². The monoisotopic (exact) mass is 315 g/mol. The maximum atomic E-state index is 13.0.